The maximum absolute atomic E-state index is 13.0. The monoisotopic (exact) mass is 390 g/mol. The van der Waals surface area contributed by atoms with Crippen LogP contribution in [0.1, 0.15) is 11.3 Å². The first-order chi connectivity index (χ1) is 13.0. The van der Waals surface area contributed by atoms with Gasteiger partial charge in [-0.05, 0) is 36.8 Å². The molecule has 2 aliphatic heterocycles. The van der Waals surface area contributed by atoms with Crippen molar-refractivity contribution in [2.75, 3.05) is 26.2 Å². The van der Waals surface area contributed by atoms with Crippen LogP contribution in [0.15, 0.2) is 36.5 Å². The molecule has 0 spiro atoms. The minimum absolute atomic E-state index is 0.0881. The second-order valence-corrected chi connectivity index (χ2v) is 8.84. The van der Waals surface area contributed by atoms with Crippen molar-refractivity contribution in [3.63, 3.8) is 0 Å². The van der Waals surface area contributed by atoms with Crippen LogP contribution in [0.25, 0.3) is 0 Å². The summed E-state index contributed by atoms with van der Waals surface area (Å²) in [5, 5.41) is 11.3. The Kier molecular flexibility index (Phi) is 4.69. The van der Waals surface area contributed by atoms with Crippen LogP contribution in [0.5, 0.6) is 11.5 Å². The van der Waals surface area contributed by atoms with Gasteiger partial charge in [-0.15, -0.1) is 0 Å². The Morgan fingerprint density at radius 2 is 1.89 bits per heavy atom. The molecule has 4 rings (SSSR count). The van der Waals surface area contributed by atoms with Crippen molar-refractivity contribution in [3.8, 4) is 11.5 Å². The molecule has 0 saturated carbocycles. The third-order valence-corrected chi connectivity index (χ3v) is 6.99. The van der Waals surface area contributed by atoms with Gasteiger partial charge in [0.1, 0.15) is 5.75 Å². The number of hydrogen-bond acceptors (Lipinski definition) is 6. The van der Waals surface area contributed by atoms with Crippen LogP contribution in [-0.4, -0.2) is 45.4 Å². The molecule has 142 valence electrons. The van der Waals surface area contributed by atoms with Gasteiger partial charge in [0.25, 0.3) is 0 Å². The number of pyridine rings is 1. The van der Waals surface area contributed by atoms with E-state index in [2.05, 4.69) is 4.98 Å². The fourth-order valence-corrected chi connectivity index (χ4v) is 4.81. The molecule has 2 fully saturated rings. The normalized spacial score (nSPS) is 16.9. The largest absolute Gasteiger partial charge is 0.448 e. The molecule has 0 aliphatic carbocycles. The molecule has 1 aromatic heterocycles. The number of nitro benzene ring substituents is 1. The third kappa shape index (κ3) is 4.01. The number of nitrogens with zero attached hydrogens (tertiary/aromatic N) is 4. The van der Waals surface area contributed by atoms with Crippen LogP contribution < -0.4 is 4.74 Å². The topological polar surface area (TPSA) is 97.6 Å². The number of hydrogen-bond donors (Lipinski definition) is 0. The van der Waals surface area contributed by atoms with E-state index in [0.717, 1.165) is 31.9 Å². The fraction of sp³-hybridized carbons (Fsp3) is 0.353. The third-order valence-electron chi connectivity index (χ3n) is 4.29. The van der Waals surface area contributed by atoms with E-state index in [-0.39, 0.29) is 18.0 Å². The highest BCUT2D eigenvalue weighted by Gasteiger charge is 2.49. The van der Waals surface area contributed by atoms with Crippen LogP contribution in [0.3, 0.4) is 0 Å². The summed E-state index contributed by atoms with van der Waals surface area (Å²) in [5.41, 5.74) is 1.32. The first-order valence-electron chi connectivity index (χ1n) is 8.59. The van der Waals surface area contributed by atoms with Gasteiger partial charge in [-0.25, -0.2) is 9.34 Å². The van der Waals surface area contributed by atoms with Gasteiger partial charge in [0.2, 0.25) is 5.75 Å². The highest BCUT2D eigenvalue weighted by atomic mass is 31.2. The Balaban J connectivity index is 1.54. The van der Waals surface area contributed by atoms with E-state index in [0.29, 0.717) is 11.3 Å². The smallest absolute Gasteiger partial charge is 0.346 e. The first-order valence-corrected chi connectivity index (χ1v) is 10.1. The molecule has 0 radical (unpaired) electrons. The second kappa shape index (κ2) is 7.01. The zero-order valence-electron chi connectivity index (χ0n) is 14.8. The Labute approximate surface area is 156 Å². The van der Waals surface area contributed by atoms with Crippen LogP contribution in [0.2, 0.25) is 0 Å². The van der Waals surface area contributed by atoms with E-state index >= 15 is 0 Å². The van der Waals surface area contributed by atoms with Crippen LogP contribution >= 0.6 is 7.67 Å². The number of ether oxygens (including phenoxy) is 1. The summed E-state index contributed by atoms with van der Waals surface area (Å²) in [6, 6.07) is 7.97. The lowest BCUT2D eigenvalue weighted by Gasteiger charge is -2.19. The molecule has 0 N–H and O–H groups in total. The van der Waals surface area contributed by atoms with Crippen molar-refractivity contribution in [3.05, 3.63) is 57.9 Å². The van der Waals surface area contributed by atoms with Crippen molar-refractivity contribution < 1.29 is 18.7 Å². The summed E-state index contributed by atoms with van der Waals surface area (Å²) in [5.74, 6) is 0.501. The molecule has 2 saturated heterocycles. The number of nitro groups is 1. The Hall–Kier alpha value is -2.32. The molecule has 0 atom stereocenters. The standard InChI is InChI=1S/C17H19N4O5P/c1-13-2-4-15(11-18-13)26-17-10-14(3-5-16(17)21(22)23)12-25-27(24,19-6-7-19)20-8-9-20/h2-5,10-11H,6-9,12H2,1H3. The average Bonchev–Trinajstić information content (AvgIpc) is 3.53. The summed E-state index contributed by atoms with van der Waals surface area (Å²) >= 11 is 0. The molecular weight excluding hydrogens is 371 g/mol. The molecule has 9 nitrogen and oxygen atoms in total. The Morgan fingerprint density at radius 3 is 2.44 bits per heavy atom. The quantitative estimate of drug-likeness (QED) is 0.293. The Bertz CT molecular complexity index is 896. The van der Waals surface area contributed by atoms with Gasteiger partial charge in [-0.3, -0.25) is 19.7 Å². The van der Waals surface area contributed by atoms with Gasteiger partial charge >= 0.3 is 13.4 Å². The van der Waals surface area contributed by atoms with Crippen molar-refractivity contribution in [2.24, 2.45) is 0 Å². The van der Waals surface area contributed by atoms with Gasteiger partial charge in [0, 0.05) is 37.9 Å². The number of aromatic nitrogens is 1. The summed E-state index contributed by atoms with van der Waals surface area (Å²) in [6.07, 6.45) is 1.51. The maximum atomic E-state index is 13.0. The second-order valence-electron chi connectivity index (χ2n) is 6.47. The lowest BCUT2D eigenvalue weighted by Crippen LogP contribution is -2.08. The molecule has 1 aromatic carbocycles. The van der Waals surface area contributed by atoms with E-state index in [1.807, 2.05) is 16.3 Å². The molecule has 2 aromatic rings. The molecule has 0 unspecified atom stereocenters. The zero-order valence-corrected chi connectivity index (χ0v) is 15.7. The number of rotatable bonds is 8. The van der Waals surface area contributed by atoms with Crippen LogP contribution in [0.4, 0.5) is 5.69 Å². The SMILES string of the molecule is Cc1ccc(Oc2cc(COP(=O)(N3CC3)N3CC3)ccc2[N+](=O)[O-])cn1. The maximum Gasteiger partial charge on any atom is 0.346 e. The van der Waals surface area contributed by atoms with Gasteiger partial charge in [-0.1, -0.05) is 0 Å². The molecule has 0 bridgehead atoms. The lowest BCUT2D eigenvalue weighted by molar-refractivity contribution is -0.385. The van der Waals surface area contributed by atoms with Crippen molar-refractivity contribution in [2.45, 2.75) is 13.5 Å². The molecule has 27 heavy (non-hydrogen) atoms. The zero-order chi connectivity index (χ0) is 19.0. The van der Waals surface area contributed by atoms with E-state index in [1.165, 1.54) is 12.3 Å². The van der Waals surface area contributed by atoms with Crippen molar-refractivity contribution in [1.82, 2.24) is 14.3 Å². The predicted octanol–water partition coefficient (Wildman–Crippen LogP) is 3.35. The fourth-order valence-electron chi connectivity index (χ4n) is 2.62. The first kappa shape index (κ1) is 18.1. The molecule has 3 heterocycles. The summed E-state index contributed by atoms with van der Waals surface area (Å²) in [6.45, 7) is 5.00. The number of aryl methyl sites for hydroxylation is 1. The van der Waals surface area contributed by atoms with Gasteiger partial charge in [-0.2, -0.15) is 0 Å². The van der Waals surface area contributed by atoms with E-state index in [9.17, 15) is 14.7 Å². The van der Waals surface area contributed by atoms with E-state index in [4.69, 9.17) is 9.26 Å². The van der Waals surface area contributed by atoms with Gasteiger partial charge in [0.15, 0.2) is 0 Å². The lowest BCUT2D eigenvalue weighted by atomic mass is 10.2. The highest BCUT2D eigenvalue weighted by molar-refractivity contribution is 7.54. The Morgan fingerprint density at radius 1 is 1.19 bits per heavy atom. The van der Waals surface area contributed by atoms with Crippen LogP contribution in [0, 0.1) is 17.0 Å². The van der Waals surface area contributed by atoms with E-state index < -0.39 is 12.6 Å². The minimum atomic E-state index is -2.94. The highest BCUT2D eigenvalue weighted by Crippen LogP contribution is 2.61. The average molecular weight is 390 g/mol. The van der Waals surface area contributed by atoms with Crippen LogP contribution in [-0.2, 0) is 15.7 Å². The molecule has 0 amide bonds. The summed E-state index contributed by atoms with van der Waals surface area (Å²) < 4.78 is 28.0. The van der Waals surface area contributed by atoms with Crippen molar-refractivity contribution in [1.29, 1.82) is 0 Å². The minimum Gasteiger partial charge on any atom is -0.448 e. The van der Waals surface area contributed by atoms with Crippen molar-refractivity contribution >= 4 is 13.4 Å². The van der Waals surface area contributed by atoms with E-state index in [1.54, 1.807) is 24.3 Å². The predicted molar refractivity (Wildman–Crippen MR) is 97.7 cm³/mol. The molecule has 10 heteroatoms. The summed E-state index contributed by atoms with van der Waals surface area (Å²) in [7, 11) is -2.94. The van der Waals surface area contributed by atoms with Gasteiger partial charge < -0.3 is 9.26 Å². The van der Waals surface area contributed by atoms with Gasteiger partial charge in [0.05, 0.1) is 17.7 Å². The summed E-state index contributed by atoms with van der Waals surface area (Å²) in [4.78, 5) is 14.9. The molecule has 2 aliphatic rings. The number of benzene rings is 1. The molecular formula is C17H19N4O5P.